The maximum atomic E-state index is 12.6. The van der Waals surface area contributed by atoms with E-state index in [1.807, 2.05) is 0 Å². The van der Waals surface area contributed by atoms with Gasteiger partial charge in [-0.2, -0.15) is 26.3 Å². The molecule has 3 N–H and O–H groups in total. The minimum atomic E-state index is -4.59. The van der Waals surface area contributed by atoms with Crippen LogP contribution < -0.4 is 29.5 Å². The van der Waals surface area contributed by atoms with Crippen LogP contribution in [0, 0.1) is 13.8 Å². The van der Waals surface area contributed by atoms with Gasteiger partial charge in [-0.3, -0.25) is 9.59 Å². The summed E-state index contributed by atoms with van der Waals surface area (Å²) in [4.78, 5) is 42.8. The van der Waals surface area contributed by atoms with Crippen molar-refractivity contribution in [3.8, 4) is 0 Å². The first-order valence-corrected chi connectivity index (χ1v) is 14.1. The van der Waals surface area contributed by atoms with Crippen LogP contribution in [0.4, 0.5) is 37.7 Å². The average molecular weight is 736 g/mol. The first-order valence-electron chi connectivity index (χ1n) is 13.3. The molecule has 0 aliphatic carbocycles. The van der Waals surface area contributed by atoms with Gasteiger partial charge in [-0.15, -0.1) is 0 Å². The van der Waals surface area contributed by atoms with Crippen LogP contribution in [0.15, 0.2) is 60.7 Å². The van der Waals surface area contributed by atoms with Gasteiger partial charge < -0.3 is 21.9 Å². The van der Waals surface area contributed by atoms with Crippen LogP contribution in [0.25, 0.3) is 0 Å². The molecule has 19 heteroatoms. The van der Waals surface area contributed by atoms with Gasteiger partial charge in [-0.1, -0.05) is 23.2 Å². The quantitative estimate of drug-likeness (QED) is 0.150. The van der Waals surface area contributed by atoms with E-state index in [1.165, 1.54) is 57.4 Å². The van der Waals surface area contributed by atoms with E-state index in [2.05, 4.69) is 25.3 Å². The molecular formula is C31H25BCl2F6LiN4O5. The third-order valence-electron chi connectivity index (χ3n) is 6.35. The van der Waals surface area contributed by atoms with Crippen LogP contribution in [0.2, 0.25) is 10.0 Å². The molecule has 2 aromatic carbocycles. The molecule has 4 rings (SSSR count). The van der Waals surface area contributed by atoms with Gasteiger partial charge in [0.2, 0.25) is 0 Å². The van der Waals surface area contributed by atoms with Gasteiger partial charge in [-0.25, -0.2) is 14.8 Å². The number of aliphatic hydroxyl groups excluding tert-OH is 1. The number of methoxy groups -OCH3 is 1. The number of aryl methyl sites for hydroxylation is 2. The second-order valence-electron chi connectivity index (χ2n) is 9.71. The molecule has 2 heterocycles. The molecule has 4 aromatic rings. The third kappa shape index (κ3) is 11.5. The van der Waals surface area contributed by atoms with Crippen LogP contribution in [0.1, 0.15) is 60.8 Å². The number of carbonyl (C=O) groups is 3. The largest absolute Gasteiger partial charge is 1.00 e. The van der Waals surface area contributed by atoms with E-state index in [0.29, 0.717) is 16.3 Å². The van der Waals surface area contributed by atoms with E-state index in [9.17, 15) is 40.7 Å². The zero-order chi connectivity index (χ0) is 36.0. The predicted octanol–water partition coefficient (Wildman–Crippen LogP) is 4.64. The molecule has 0 fully saturated rings. The molecule has 0 unspecified atom stereocenters. The number of esters is 1. The van der Waals surface area contributed by atoms with Crippen molar-refractivity contribution in [3.05, 3.63) is 116 Å². The molecule has 0 aliphatic heterocycles. The molecule has 0 aliphatic rings. The predicted molar refractivity (Wildman–Crippen MR) is 171 cm³/mol. The van der Waals surface area contributed by atoms with Gasteiger partial charge in [0.05, 0.1) is 46.8 Å². The fourth-order valence-corrected chi connectivity index (χ4v) is 4.33. The minimum Gasteiger partial charge on any atom is -1.00 e. The summed E-state index contributed by atoms with van der Waals surface area (Å²) in [6.07, 6.45) is -9.16. The summed E-state index contributed by atoms with van der Waals surface area (Å²) in [5.41, 5.74) is -1.18. The first-order chi connectivity index (χ1) is 22.3. The summed E-state index contributed by atoms with van der Waals surface area (Å²) in [7, 11) is 1.18. The molecule has 2 aromatic heterocycles. The standard InChI is InChI=1S/C16H12ClF3N2O3.C15H12ClF3N2O2.B.Li.H/c1-8-10(4-6-13(21-8)16(18,19)20)14(23)22-9-3-5-12(17)11(7-9)15(24)25-2;1-8-11(3-5-13(20-8)15(17,18)19)14(23)21-10-2-4-12(16)9(6-10)7-22;;;/h3-7H,1-2H3,(H,22,23);2-6,22H,7H2,1H3,(H,21,23);;;/q;;;+1;-1. The van der Waals surface area contributed by atoms with Crippen molar-refractivity contribution in [1.29, 1.82) is 0 Å². The fourth-order valence-electron chi connectivity index (χ4n) is 3.96. The number of nitrogens with one attached hydrogen (secondary N) is 2. The van der Waals surface area contributed by atoms with Gasteiger partial charge in [0.15, 0.2) is 0 Å². The fraction of sp³-hybridized carbons (Fsp3) is 0.194. The number of alkyl halides is 6. The molecule has 0 bridgehead atoms. The van der Waals surface area contributed by atoms with Crippen molar-refractivity contribution in [2.45, 2.75) is 32.8 Å². The number of benzene rings is 2. The number of carbonyl (C=O) groups excluding carboxylic acids is 3. The maximum absolute atomic E-state index is 12.6. The van der Waals surface area contributed by atoms with E-state index < -0.39 is 41.5 Å². The van der Waals surface area contributed by atoms with Gasteiger partial charge in [0, 0.05) is 24.8 Å². The van der Waals surface area contributed by atoms with Crippen molar-refractivity contribution >= 4 is 60.8 Å². The minimum absolute atomic E-state index is 0. The Morgan fingerprint density at radius 2 is 1.16 bits per heavy atom. The van der Waals surface area contributed by atoms with Crippen molar-refractivity contribution in [3.63, 3.8) is 0 Å². The topological polar surface area (TPSA) is 131 Å². The summed E-state index contributed by atoms with van der Waals surface area (Å²) in [5, 5.41) is 14.6. The number of aliphatic hydroxyl groups is 1. The van der Waals surface area contributed by atoms with Gasteiger partial charge >= 0.3 is 37.2 Å². The molecule has 2 amide bonds. The summed E-state index contributed by atoms with van der Waals surface area (Å²) in [6.45, 7) is 2.32. The van der Waals surface area contributed by atoms with E-state index >= 15 is 0 Å². The Hall–Kier alpha value is -4.07. The number of anilines is 2. The molecule has 259 valence electrons. The van der Waals surface area contributed by atoms with Crippen LogP contribution in [0.5, 0.6) is 0 Å². The number of aromatic nitrogens is 2. The summed E-state index contributed by atoms with van der Waals surface area (Å²) in [5.74, 6) is -1.96. The number of rotatable bonds is 6. The first kappa shape index (κ1) is 44.0. The molecule has 0 atom stereocenters. The van der Waals surface area contributed by atoms with Gasteiger partial charge in [0.1, 0.15) is 11.4 Å². The average Bonchev–Trinajstić information content (AvgIpc) is 3.01. The Labute approximate surface area is 307 Å². The summed E-state index contributed by atoms with van der Waals surface area (Å²) >= 11 is 11.7. The van der Waals surface area contributed by atoms with Crippen LogP contribution in [-0.2, 0) is 23.7 Å². The van der Waals surface area contributed by atoms with Crippen molar-refractivity contribution in [2.24, 2.45) is 0 Å². The van der Waals surface area contributed by atoms with E-state index in [4.69, 9.17) is 28.3 Å². The number of nitrogens with zero attached hydrogens (tertiary/aromatic N) is 2. The molecular weight excluding hydrogens is 711 g/mol. The molecule has 50 heavy (non-hydrogen) atoms. The normalized spacial score (nSPS) is 10.8. The second-order valence-corrected chi connectivity index (χ2v) is 10.5. The van der Waals surface area contributed by atoms with E-state index in [0.717, 1.165) is 24.3 Å². The Bertz CT molecular complexity index is 1870. The molecule has 9 nitrogen and oxygen atoms in total. The van der Waals surface area contributed by atoms with Crippen molar-refractivity contribution in [1.82, 2.24) is 9.97 Å². The van der Waals surface area contributed by atoms with Gasteiger partial charge in [0.25, 0.3) is 11.8 Å². The SMILES string of the molecule is COC(=O)c1cc(NC(=O)c2ccc(C(F)(F)F)nc2C)ccc1Cl.Cc1nc(C(F)(F)F)ccc1C(=O)Nc1ccc(Cl)c(CO)c1.[B].[H-].[Li+]. The summed E-state index contributed by atoms with van der Waals surface area (Å²) in [6, 6.07) is 12.2. The van der Waals surface area contributed by atoms with Crippen LogP contribution in [-0.4, -0.2) is 48.4 Å². The third-order valence-corrected chi connectivity index (χ3v) is 7.04. The smallest absolute Gasteiger partial charge is 1.00 e. The molecule has 0 saturated carbocycles. The Kier molecular flexibility index (Phi) is 16.0. The molecule has 0 saturated heterocycles. The zero-order valence-corrected chi connectivity index (χ0v) is 28.1. The van der Waals surface area contributed by atoms with Crippen molar-refractivity contribution < 1.29 is 70.9 Å². The summed E-state index contributed by atoms with van der Waals surface area (Å²) < 4.78 is 80.1. The number of hydrogen-bond acceptors (Lipinski definition) is 7. The zero-order valence-electron chi connectivity index (χ0n) is 27.6. The maximum Gasteiger partial charge on any atom is 1.00 e. The van der Waals surface area contributed by atoms with Gasteiger partial charge in [-0.05, 0) is 80.1 Å². The number of ether oxygens (including phenoxy) is 1. The number of halogens is 8. The van der Waals surface area contributed by atoms with Crippen LogP contribution >= 0.6 is 23.2 Å². The number of hydrogen-bond donors (Lipinski definition) is 3. The monoisotopic (exact) mass is 735 g/mol. The Morgan fingerprint density at radius 3 is 1.54 bits per heavy atom. The molecule has 0 spiro atoms. The number of amides is 2. The Morgan fingerprint density at radius 1 is 0.740 bits per heavy atom. The van der Waals surface area contributed by atoms with Crippen molar-refractivity contribution in [2.75, 3.05) is 17.7 Å². The van der Waals surface area contributed by atoms with Crippen LogP contribution in [0.3, 0.4) is 0 Å². The second kappa shape index (κ2) is 18.3. The van der Waals surface area contributed by atoms with E-state index in [-0.39, 0.29) is 74.1 Å². The number of pyridine rings is 2. The Balaban J connectivity index is 0.000000929. The van der Waals surface area contributed by atoms with E-state index in [1.54, 1.807) is 0 Å². The molecule has 3 radical (unpaired) electrons.